The highest BCUT2D eigenvalue weighted by Crippen LogP contribution is 2.22. The maximum absolute atomic E-state index is 12.5. The first kappa shape index (κ1) is 18.1. The molecule has 136 valence electrons. The number of rotatable bonds is 6. The van der Waals surface area contributed by atoms with Crippen molar-refractivity contribution < 1.29 is 18.0 Å². The molecule has 1 aliphatic carbocycles. The molecule has 2 N–H and O–H groups in total. The van der Waals surface area contributed by atoms with Gasteiger partial charge in [0.15, 0.2) is 9.84 Å². The van der Waals surface area contributed by atoms with E-state index >= 15 is 0 Å². The average Bonchev–Trinajstić information content (AvgIpc) is 3.38. The van der Waals surface area contributed by atoms with E-state index in [1.54, 1.807) is 48.5 Å². The smallest absolute Gasteiger partial charge is 0.255 e. The number of hydrogen-bond donors (Lipinski definition) is 2. The molecule has 0 atom stereocenters. The predicted octanol–water partition coefficient (Wildman–Crippen LogP) is 2.38. The Bertz CT molecular complexity index is 950. The predicted molar refractivity (Wildman–Crippen MR) is 99.9 cm³/mol. The van der Waals surface area contributed by atoms with Gasteiger partial charge >= 0.3 is 0 Å². The molecule has 26 heavy (non-hydrogen) atoms. The minimum absolute atomic E-state index is 0.130. The molecule has 0 radical (unpaired) electrons. The lowest BCUT2D eigenvalue weighted by molar-refractivity contribution is 0.0952. The molecule has 1 fully saturated rings. The van der Waals surface area contributed by atoms with Crippen LogP contribution in [0.5, 0.6) is 0 Å². The second kappa shape index (κ2) is 7.29. The number of nitrogens with one attached hydrogen (secondary N) is 2. The zero-order valence-electron chi connectivity index (χ0n) is 14.4. The molecule has 0 saturated heterocycles. The highest BCUT2D eigenvalue weighted by molar-refractivity contribution is 7.89. The second-order valence-electron chi connectivity index (χ2n) is 6.52. The summed E-state index contributed by atoms with van der Waals surface area (Å²) >= 11 is 0. The van der Waals surface area contributed by atoms with E-state index in [1.165, 1.54) is 0 Å². The van der Waals surface area contributed by atoms with E-state index in [-0.39, 0.29) is 17.7 Å². The van der Waals surface area contributed by atoms with Gasteiger partial charge in [-0.15, -0.1) is 0 Å². The summed E-state index contributed by atoms with van der Waals surface area (Å²) in [5.41, 5.74) is 1.70. The molecule has 0 aliphatic heterocycles. The van der Waals surface area contributed by atoms with Crippen LogP contribution in [0.15, 0.2) is 48.5 Å². The highest BCUT2D eigenvalue weighted by atomic mass is 32.2. The molecule has 0 bridgehead atoms. The summed E-state index contributed by atoms with van der Waals surface area (Å²) in [6.45, 7) is 0. The molecule has 2 amide bonds. The molecule has 1 aliphatic rings. The molecule has 0 spiro atoms. The van der Waals surface area contributed by atoms with E-state index in [2.05, 4.69) is 10.6 Å². The fourth-order valence-electron chi connectivity index (χ4n) is 2.58. The molecule has 2 aromatic rings. The summed E-state index contributed by atoms with van der Waals surface area (Å²) in [7, 11) is -3.19. The minimum Gasteiger partial charge on any atom is -0.349 e. The number of hydrogen-bond acceptors (Lipinski definition) is 4. The van der Waals surface area contributed by atoms with Crippen LogP contribution in [0, 0.1) is 0 Å². The van der Waals surface area contributed by atoms with Gasteiger partial charge < -0.3 is 10.6 Å². The Hall–Kier alpha value is -2.67. The molecule has 0 unspecified atom stereocenters. The number of benzene rings is 2. The van der Waals surface area contributed by atoms with Crippen molar-refractivity contribution in [1.82, 2.24) is 5.32 Å². The first-order valence-corrected chi connectivity index (χ1v) is 10.4. The lowest BCUT2D eigenvalue weighted by Gasteiger charge is -2.11. The van der Waals surface area contributed by atoms with Crippen LogP contribution in [-0.4, -0.2) is 32.5 Å². The quantitative estimate of drug-likeness (QED) is 0.814. The SMILES string of the molecule is CS(=O)(=O)Cc1cccc(C(=O)Nc2ccccc2C(=O)NC2CC2)c1. The Morgan fingerprint density at radius 3 is 2.46 bits per heavy atom. The van der Waals surface area contributed by atoms with Crippen molar-refractivity contribution in [3.63, 3.8) is 0 Å². The second-order valence-corrected chi connectivity index (χ2v) is 8.66. The van der Waals surface area contributed by atoms with Gasteiger partial charge in [-0.2, -0.15) is 0 Å². The summed E-state index contributed by atoms with van der Waals surface area (Å²) in [4.78, 5) is 24.9. The van der Waals surface area contributed by atoms with Gasteiger partial charge in [0.2, 0.25) is 0 Å². The van der Waals surface area contributed by atoms with Crippen LogP contribution in [-0.2, 0) is 15.6 Å². The normalized spacial score (nSPS) is 13.9. The molecule has 3 rings (SSSR count). The number of anilines is 1. The van der Waals surface area contributed by atoms with Gasteiger partial charge in [-0.25, -0.2) is 8.42 Å². The highest BCUT2D eigenvalue weighted by Gasteiger charge is 2.25. The van der Waals surface area contributed by atoms with E-state index in [0.717, 1.165) is 19.1 Å². The first-order chi connectivity index (χ1) is 12.3. The van der Waals surface area contributed by atoms with Crippen LogP contribution in [0.1, 0.15) is 39.1 Å². The molecular formula is C19H20N2O4S. The Morgan fingerprint density at radius 1 is 1.04 bits per heavy atom. The fraction of sp³-hybridized carbons (Fsp3) is 0.263. The first-order valence-electron chi connectivity index (χ1n) is 8.30. The van der Waals surface area contributed by atoms with Crippen LogP contribution in [0.25, 0.3) is 0 Å². The number of carbonyl (C=O) groups excluding carboxylic acids is 2. The molecule has 2 aromatic carbocycles. The van der Waals surface area contributed by atoms with Gasteiger partial charge in [-0.05, 0) is 42.7 Å². The van der Waals surface area contributed by atoms with Gasteiger partial charge in [0, 0.05) is 17.9 Å². The Kier molecular flexibility index (Phi) is 5.08. The average molecular weight is 372 g/mol. The molecule has 6 nitrogen and oxygen atoms in total. The maximum Gasteiger partial charge on any atom is 0.255 e. The van der Waals surface area contributed by atoms with E-state index in [4.69, 9.17) is 0 Å². The van der Waals surface area contributed by atoms with Crippen LogP contribution in [0.4, 0.5) is 5.69 Å². The lowest BCUT2D eigenvalue weighted by atomic mass is 10.1. The van der Waals surface area contributed by atoms with Crippen molar-refractivity contribution in [2.45, 2.75) is 24.6 Å². The van der Waals surface area contributed by atoms with Crippen LogP contribution in [0.3, 0.4) is 0 Å². The van der Waals surface area contributed by atoms with Gasteiger partial charge in [-0.3, -0.25) is 9.59 Å². The monoisotopic (exact) mass is 372 g/mol. The third-order valence-electron chi connectivity index (χ3n) is 3.95. The van der Waals surface area contributed by atoms with Crippen LogP contribution in [0.2, 0.25) is 0 Å². The third-order valence-corrected chi connectivity index (χ3v) is 4.81. The van der Waals surface area contributed by atoms with Gasteiger partial charge in [0.25, 0.3) is 11.8 Å². The van der Waals surface area contributed by atoms with Crippen LogP contribution < -0.4 is 10.6 Å². The van der Waals surface area contributed by atoms with Crippen LogP contribution >= 0.6 is 0 Å². The van der Waals surface area contributed by atoms with E-state index < -0.39 is 15.7 Å². The minimum atomic E-state index is -3.19. The Morgan fingerprint density at radius 2 is 1.77 bits per heavy atom. The number of carbonyl (C=O) groups is 2. The molecule has 1 saturated carbocycles. The molecule has 0 heterocycles. The zero-order valence-corrected chi connectivity index (χ0v) is 15.2. The van der Waals surface area contributed by atoms with Crippen molar-refractivity contribution >= 4 is 27.3 Å². The van der Waals surface area contributed by atoms with Crippen molar-refractivity contribution in [3.8, 4) is 0 Å². The molecule has 7 heteroatoms. The van der Waals surface area contributed by atoms with Gasteiger partial charge in [0.1, 0.15) is 0 Å². The topological polar surface area (TPSA) is 92.3 Å². The van der Waals surface area contributed by atoms with Crippen molar-refractivity contribution in [2.24, 2.45) is 0 Å². The largest absolute Gasteiger partial charge is 0.349 e. The number of amides is 2. The summed E-state index contributed by atoms with van der Waals surface area (Å²) in [5.74, 6) is -0.740. The Labute approximate surface area is 152 Å². The third kappa shape index (κ3) is 4.92. The fourth-order valence-corrected chi connectivity index (χ4v) is 3.37. The zero-order chi connectivity index (χ0) is 18.7. The van der Waals surface area contributed by atoms with Crippen molar-refractivity contribution in [3.05, 3.63) is 65.2 Å². The summed E-state index contributed by atoms with van der Waals surface area (Å²) in [6, 6.07) is 13.5. The number of sulfone groups is 1. The van der Waals surface area contributed by atoms with Gasteiger partial charge in [0.05, 0.1) is 17.0 Å². The van der Waals surface area contributed by atoms with E-state index in [1.807, 2.05) is 0 Å². The van der Waals surface area contributed by atoms with Crippen molar-refractivity contribution in [1.29, 1.82) is 0 Å². The molecule has 0 aromatic heterocycles. The summed E-state index contributed by atoms with van der Waals surface area (Å²) in [6.07, 6.45) is 3.11. The maximum atomic E-state index is 12.5. The Balaban J connectivity index is 1.78. The van der Waals surface area contributed by atoms with E-state index in [9.17, 15) is 18.0 Å². The number of para-hydroxylation sites is 1. The van der Waals surface area contributed by atoms with E-state index in [0.29, 0.717) is 22.4 Å². The summed E-state index contributed by atoms with van der Waals surface area (Å²) < 4.78 is 22.9. The standard InChI is InChI=1S/C19H20N2O4S/c1-26(24,25)12-13-5-4-6-14(11-13)18(22)21-17-8-3-2-7-16(17)19(23)20-15-9-10-15/h2-8,11,15H,9-10,12H2,1H3,(H,20,23)(H,21,22). The van der Waals surface area contributed by atoms with Gasteiger partial charge in [-0.1, -0.05) is 24.3 Å². The summed E-state index contributed by atoms with van der Waals surface area (Å²) in [5, 5.41) is 5.64. The molecular weight excluding hydrogens is 352 g/mol. The van der Waals surface area contributed by atoms with Crippen molar-refractivity contribution in [2.75, 3.05) is 11.6 Å². The lowest BCUT2D eigenvalue weighted by Crippen LogP contribution is -2.27.